The number of aromatic nitrogens is 4. The van der Waals surface area contributed by atoms with E-state index in [1.54, 1.807) is 30.4 Å². The molecule has 0 spiro atoms. The monoisotopic (exact) mass is 362 g/mol. The van der Waals surface area contributed by atoms with Crippen molar-refractivity contribution in [2.24, 2.45) is 0 Å². The zero-order chi connectivity index (χ0) is 17.6. The van der Waals surface area contributed by atoms with Crippen molar-refractivity contribution < 1.29 is 4.42 Å². The maximum Gasteiger partial charge on any atom is 0.191 e. The van der Waals surface area contributed by atoms with E-state index in [0.717, 1.165) is 34.5 Å². The van der Waals surface area contributed by atoms with Gasteiger partial charge < -0.3 is 4.42 Å². The van der Waals surface area contributed by atoms with Crippen molar-refractivity contribution >= 4 is 11.8 Å². The summed E-state index contributed by atoms with van der Waals surface area (Å²) in [5.41, 5.74) is 2.27. The molecule has 26 heavy (non-hydrogen) atoms. The van der Waals surface area contributed by atoms with E-state index < -0.39 is 0 Å². The molecule has 3 aromatic heterocycles. The summed E-state index contributed by atoms with van der Waals surface area (Å²) in [7, 11) is 0. The Bertz CT molecular complexity index is 937. The molecule has 0 aliphatic heterocycles. The van der Waals surface area contributed by atoms with Gasteiger partial charge in [0.25, 0.3) is 0 Å². The average Bonchev–Trinajstić information content (AvgIpc) is 3.34. The Hall–Kier alpha value is -2.86. The largest absolute Gasteiger partial charge is 0.467 e. The number of benzene rings is 1. The number of aryl methyl sites for hydroxylation is 1. The predicted molar refractivity (Wildman–Crippen MR) is 102 cm³/mol. The van der Waals surface area contributed by atoms with Gasteiger partial charge in [0, 0.05) is 23.7 Å². The number of furan rings is 1. The van der Waals surface area contributed by atoms with Crippen molar-refractivity contribution in [2.75, 3.05) is 5.75 Å². The van der Waals surface area contributed by atoms with Crippen LogP contribution in [0.25, 0.3) is 11.4 Å². The van der Waals surface area contributed by atoms with Crippen LogP contribution in [0.5, 0.6) is 0 Å². The van der Waals surface area contributed by atoms with Gasteiger partial charge in [-0.3, -0.25) is 9.55 Å². The van der Waals surface area contributed by atoms with Crippen LogP contribution in [-0.2, 0) is 13.0 Å². The molecule has 4 rings (SSSR count). The fourth-order valence-electron chi connectivity index (χ4n) is 2.71. The highest BCUT2D eigenvalue weighted by molar-refractivity contribution is 7.99. The Kier molecular flexibility index (Phi) is 5.12. The van der Waals surface area contributed by atoms with Crippen molar-refractivity contribution in [3.05, 3.63) is 84.6 Å². The number of hydrogen-bond donors (Lipinski definition) is 0. The van der Waals surface area contributed by atoms with Gasteiger partial charge in [-0.05, 0) is 36.2 Å². The van der Waals surface area contributed by atoms with Gasteiger partial charge in [0.15, 0.2) is 11.0 Å². The second-order valence-electron chi connectivity index (χ2n) is 5.80. The smallest absolute Gasteiger partial charge is 0.191 e. The lowest BCUT2D eigenvalue weighted by molar-refractivity contribution is 0.485. The lowest BCUT2D eigenvalue weighted by Crippen LogP contribution is -2.04. The molecule has 0 radical (unpaired) electrons. The standard InChI is InChI=1S/C20H18N4OS/c1-2-6-16(7-3-1)10-13-26-20-23-22-19(17-8-4-11-21-14-17)24(20)15-18-9-5-12-25-18/h1-9,11-12,14H,10,13,15H2. The first-order valence-corrected chi connectivity index (χ1v) is 9.41. The van der Waals surface area contributed by atoms with Gasteiger partial charge in [-0.2, -0.15) is 0 Å². The fourth-order valence-corrected chi connectivity index (χ4v) is 3.64. The van der Waals surface area contributed by atoms with Crippen LogP contribution in [-0.4, -0.2) is 25.5 Å². The third-order valence-corrected chi connectivity index (χ3v) is 4.96. The molecule has 1 aromatic carbocycles. The molecule has 0 unspecified atom stereocenters. The van der Waals surface area contributed by atoms with E-state index in [9.17, 15) is 0 Å². The van der Waals surface area contributed by atoms with Crippen LogP contribution in [0.15, 0.2) is 82.8 Å². The number of rotatable bonds is 7. The Morgan fingerprint density at radius 1 is 0.962 bits per heavy atom. The first-order valence-electron chi connectivity index (χ1n) is 8.43. The number of hydrogen-bond acceptors (Lipinski definition) is 5. The highest BCUT2D eigenvalue weighted by Gasteiger charge is 2.15. The van der Waals surface area contributed by atoms with Crippen molar-refractivity contribution in [2.45, 2.75) is 18.1 Å². The molecule has 3 heterocycles. The number of thioether (sulfide) groups is 1. The molecular formula is C20H18N4OS. The van der Waals surface area contributed by atoms with Crippen molar-refractivity contribution in [3.63, 3.8) is 0 Å². The Morgan fingerprint density at radius 3 is 2.65 bits per heavy atom. The third-order valence-electron chi connectivity index (χ3n) is 4.00. The van der Waals surface area contributed by atoms with E-state index in [-0.39, 0.29) is 0 Å². The van der Waals surface area contributed by atoms with E-state index in [2.05, 4.69) is 44.0 Å². The number of nitrogens with zero attached hydrogens (tertiary/aromatic N) is 4. The molecule has 0 atom stereocenters. The molecule has 130 valence electrons. The maximum absolute atomic E-state index is 5.53. The minimum atomic E-state index is 0.595. The molecule has 0 fully saturated rings. The van der Waals surface area contributed by atoms with Crippen LogP contribution in [0.3, 0.4) is 0 Å². The molecule has 0 amide bonds. The molecule has 0 saturated carbocycles. The molecule has 0 N–H and O–H groups in total. The lowest BCUT2D eigenvalue weighted by atomic mass is 10.2. The third kappa shape index (κ3) is 3.86. The van der Waals surface area contributed by atoms with Crippen LogP contribution in [0.1, 0.15) is 11.3 Å². The SMILES string of the molecule is c1ccc(CCSc2nnc(-c3cccnc3)n2Cc2ccco2)cc1. The highest BCUT2D eigenvalue weighted by atomic mass is 32.2. The van der Waals surface area contributed by atoms with Gasteiger partial charge in [0.05, 0.1) is 12.8 Å². The van der Waals surface area contributed by atoms with Gasteiger partial charge in [-0.25, -0.2) is 0 Å². The van der Waals surface area contributed by atoms with Crippen LogP contribution in [0.2, 0.25) is 0 Å². The van der Waals surface area contributed by atoms with Crippen LogP contribution in [0, 0.1) is 0 Å². The average molecular weight is 362 g/mol. The molecule has 4 aromatic rings. The molecule has 0 aliphatic carbocycles. The molecule has 6 heteroatoms. The Morgan fingerprint density at radius 2 is 1.88 bits per heavy atom. The predicted octanol–water partition coefficient (Wildman–Crippen LogP) is 4.32. The van der Waals surface area contributed by atoms with E-state index in [4.69, 9.17) is 4.42 Å². The first-order chi connectivity index (χ1) is 12.9. The van der Waals surface area contributed by atoms with Crippen molar-refractivity contribution in [3.8, 4) is 11.4 Å². The summed E-state index contributed by atoms with van der Waals surface area (Å²) in [5, 5.41) is 9.70. The molecule has 0 saturated heterocycles. The second kappa shape index (κ2) is 8.01. The molecular weight excluding hydrogens is 344 g/mol. The topological polar surface area (TPSA) is 56.7 Å². The van der Waals surface area contributed by atoms with Crippen LogP contribution < -0.4 is 0 Å². The van der Waals surface area contributed by atoms with Gasteiger partial charge in [-0.1, -0.05) is 42.1 Å². The summed E-state index contributed by atoms with van der Waals surface area (Å²) in [5.74, 6) is 2.62. The van der Waals surface area contributed by atoms with Gasteiger partial charge in [-0.15, -0.1) is 10.2 Å². The zero-order valence-corrected chi connectivity index (χ0v) is 15.0. The minimum absolute atomic E-state index is 0.595. The molecule has 0 bridgehead atoms. The van der Waals surface area contributed by atoms with Crippen LogP contribution in [0.4, 0.5) is 0 Å². The van der Waals surface area contributed by atoms with E-state index in [0.29, 0.717) is 6.54 Å². The quantitative estimate of drug-likeness (QED) is 0.458. The van der Waals surface area contributed by atoms with E-state index in [1.165, 1.54) is 5.56 Å². The summed E-state index contributed by atoms with van der Waals surface area (Å²) < 4.78 is 7.61. The summed E-state index contributed by atoms with van der Waals surface area (Å²) >= 11 is 1.71. The van der Waals surface area contributed by atoms with Gasteiger partial charge >= 0.3 is 0 Å². The maximum atomic E-state index is 5.53. The Balaban J connectivity index is 1.56. The summed E-state index contributed by atoms with van der Waals surface area (Å²) in [4.78, 5) is 4.20. The van der Waals surface area contributed by atoms with Crippen molar-refractivity contribution in [1.82, 2.24) is 19.7 Å². The highest BCUT2D eigenvalue weighted by Crippen LogP contribution is 2.25. The summed E-state index contributed by atoms with van der Waals surface area (Å²) in [6.45, 7) is 0.595. The van der Waals surface area contributed by atoms with E-state index in [1.807, 2.05) is 30.3 Å². The van der Waals surface area contributed by atoms with Gasteiger partial charge in [0.1, 0.15) is 5.76 Å². The van der Waals surface area contributed by atoms with Crippen LogP contribution >= 0.6 is 11.8 Å². The lowest BCUT2D eigenvalue weighted by Gasteiger charge is -2.08. The van der Waals surface area contributed by atoms with Gasteiger partial charge in [0.2, 0.25) is 0 Å². The summed E-state index contributed by atoms with van der Waals surface area (Å²) in [6, 6.07) is 18.2. The second-order valence-corrected chi connectivity index (χ2v) is 6.86. The first kappa shape index (κ1) is 16.6. The van der Waals surface area contributed by atoms with E-state index >= 15 is 0 Å². The summed E-state index contributed by atoms with van der Waals surface area (Å²) in [6.07, 6.45) is 6.24. The Labute approximate surface area is 156 Å². The fraction of sp³-hybridized carbons (Fsp3) is 0.150. The minimum Gasteiger partial charge on any atom is -0.467 e. The molecule has 0 aliphatic rings. The normalized spacial score (nSPS) is 10.9. The van der Waals surface area contributed by atoms with Crippen molar-refractivity contribution in [1.29, 1.82) is 0 Å². The zero-order valence-electron chi connectivity index (χ0n) is 14.2. The number of pyridine rings is 1. The molecule has 5 nitrogen and oxygen atoms in total.